The van der Waals surface area contributed by atoms with E-state index >= 15 is 0 Å². The lowest BCUT2D eigenvalue weighted by atomic mass is 9.96. The third-order valence-electron chi connectivity index (χ3n) is 7.17. The van der Waals surface area contributed by atoms with Gasteiger partial charge in [-0.1, -0.05) is 18.2 Å². The maximum Gasteiger partial charge on any atom is 0.433 e. The molecular weight excluding hydrogens is 512 g/mol. The van der Waals surface area contributed by atoms with Crippen LogP contribution in [0.25, 0.3) is 11.1 Å². The molecule has 6 nitrogen and oxygen atoms in total. The largest absolute Gasteiger partial charge is 0.433 e. The van der Waals surface area contributed by atoms with Crippen LogP contribution < -0.4 is 11.1 Å². The monoisotopic (exact) mass is 542 g/mol. The SMILES string of the molecule is Cc1cc([C@@H](NC(=O)c2cc(CN3C[C@@H](C)OC3N)cc(-c3cccnc3C(F)(F)F)c2)C2CC2)ccc1F. The van der Waals surface area contributed by atoms with Crippen LogP contribution in [0.15, 0.2) is 54.7 Å². The lowest BCUT2D eigenvalue weighted by Crippen LogP contribution is -2.37. The lowest BCUT2D eigenvalue weighted by molar-refractivity contribution is -0.140. The molecule has 5 rings (SSSR count). The Morgan fingerprint density at radius 2 is 1.97 bits per heavy atom. The van der Waals surface area contributed by atoms with Crippen LogP contribution in [-0.4, -0.2) is 34.8 Å². The van der Waals surface area contributed by atoms with Crippen LogP contribution in [0.1, 0.15) is 58.5 Å². The zero-order chi connectivity index (χ0) is 27.9. The lowest BCUT2D eigenvalue weighted by Gasteiger charge is -2.22. The molecule has 2 fully saturated rings. The summed E-state index contributed by atoms with van der Waals surface area (Å²) in [5.74, 6) is -0.546. The van der Waals surface area contributed by atoms with E-state index in [1.165, 1.54) is 24.3 Å². The van der Waals surface area contributed by atoms with Gasteiger partial charge in [0, 0.05) is 30.4 Å². The quantitative estimate of drug-likeness (QED) is 0.382. The molecule has 39 heavy (non-hydrogen) atoms. The van der Waals surface area contributed by atoms with Crippen molar-refractivity contribution in [3.05, 3.63) is 88.5 Å². The number of pyridine rings is 1. The van der Waals surface area contributed by atoms with Gasteiger partial charge in [-0.3, -0.25) is 20.4 Å². The molecule has 0 radical (unpaired) electrons. The molecule has 3 atom stereocenters. The second-order valence-electron chi connectivity index (χ2n) is 10.4. The Labute approximate surface area is 224 Å². The van der Waals surface area contributed by atoms with Crippen molar-refractivity contribution >= 4 is 5.91 Å². The third-order valence-corrected chi connectivity index (χ3v) is 7.17. The molecule has 1 aliphatic heterocycles. The number of ether oxygens (including phenoxy) is 1. The van der Waals surface area contributed by atoms with Gasteiger partial charge in [0.15, 0.2) is 12.0 Å². The first kappa shape index (κ1) is 27.2. The molecule has 3 N–H and O–H groups in total. The average molecular weight is 543 g/mol. The van der Waals surface area contributed by atoms with E-state index in [4.69, 9.17) is 10.5 Å². The first-order valence-corrected chi connectivity index (χ1v) is 12.9. The Kier molecular flexibility index (Phi) is 7.45. The summed E-state index contributed by atoms with van der Waals surface area (Å²) in [6.07, 6.45) is -2.50. The Hall–Kier alpha value is -3.34. The van der Waals surface area contributed by atoms with Gasteiger partial charge in [0.2, 0.25) is 0 Å². The summed E-state index contributed by atoms with van der Waals surface area (Å²) in [5, 5.41) is 3.06. The van der Waals surface area contributed by atoms with Gasteiger partial charge in [-0.2, -0.15) is 13.2 Å². The van der Waals surface area contributed by atoms with Crippen LogP contribution in [0, 0.1) is 18.7 Å². The molecule has 1 saturated carbocycles. The van der Waals surface area contributed by atoms with Gasteiger partial charge in [0.25, 0.3) is 5.91 Å². The maximum absolute atomic E-state index is 13.9. The van der Waals surface area contributed by atoms with Gasteiger partial charge in [-0.05, 0) is 85.2 Å². The van der Waals surface area contributed by atoms with E-state index in [0.717, 1.165) is 24.6 Å². The minimum Gasteiger partial charge on any atom is -0.346 e. The number of halogens is 4. The van der Waals surface area contributed by atoms with Gasteiger partial charge < -0.3 is 10.1 Å². The molecule has 0 bridgehead atoms. The molecule has 0 spiro atoms. The van der Waals surface area contributed by atoms with Crippen molar-refractivity contribution in [2.45, 2.75) is 57.9 Å². The van der Waals surface area contributed by atoms with Crippen LogP contribution >= 0.6 is 0 Å². The van der Waals surface area contributed by atoms with Crippen molar-refractivity contribution in [1.82, 2.24) is 15.2 Å². The normalized spacial score (nSPS) is 20.7. The first-order chi connectivity index (χ1) is 18.5. The summed E-state index contributed by atoms with van der Waals surface area (Å²) in [6, 6.07) is 12.0. The van der Waals surface area contributed by atoms with E-state index in [1.54, 1.807) is 31.2 Å². The number of nitrogens with zero attached hydrogens (tertiary/aromatic N) is 2. The van der Waals surface area contributed by atoms with Crippen LogP contribution in [0.3, 0.4) is 0 Å². The highest BCUT2D eigenvalue weighted by Crippen LogP contribution is 2.42. The molecule has 1 saturated heterocycles. The fraction of sp³-hybridized carbons (Fsp3) is 0.379. The number of aromatic nitrogens is 1. The summed E-state index contributed by atoms with van der Waals surface area (Å²) < 4.78 is 61.0. The second kappa shape index (κ2) is 10.7. The van der Waals surface area contributed by atoms with Gasteiger partial charge in [0.1, 0.15) is 5.82 Å². The number of hydrogen-bond donors (Lipinski definition) is 2. The van der Waals surface area contributed by atoms with Crippen molar-refractivity contribution in [3.63, 3.8) is 0 Å². The second-order valence-corrected chi connectivity index (χ2v) is 10.4. The molecule has 3 aromatic rings. The van der Waals surface area contributed by atoms with Crippen LogP contribution in [0.2, 0.25) is 0 Å². The molecule has 10 heteroatoms. The topological polar surface area (TPSA) is 80.5 Å². The number of hydrogen-bond acceptors (Lipinski definition) is 5. The minimum absolute atomic E-state index is 0.0976. The molecule has 2 aromatic carbocycles. The van der Waals surface area contributed by atoms with Crippen molar-refractivity contribution in [3.8, 4) is 11.1 Å². The number of benzene rings is 2. The zero-order valence-corrected chi connectivity index (χ0v) is 21.6. The van der Waals surface area contributed by atoms with E-state index in [1.807, 2.05) is 11.8 Å². The number of carbonyl (C=O) groups excluding carboxylic acids is 1. The number of carbonyl (C=O) groups is 1. The zero-order valence-electron chi connectivity index (χ0n) is 21.6. The number of alkyl halides is 3. The summed E-state index contributed by atoms with van der Waals surface area (Å²) in [7, 11) is 0. The molecular formula is C29H30F4N4O2. The van der Waals surface area contributed by atoms with Crippen LogP contribution in [0.5, 0.6) is 0 Å². The Balaban J connectivity index is 1.52. The summed E-state index contributed by atoms with van der Waals surface area (Å²) in [5.41, 5.74) is 7.25. The van der Waals surface area contributed by atoms with Gasteiger partial charge >= 0.3 is 6.18 Å². The highest BCUT2D eigenvalue weighted by molar-refractivity contribution is 5.96. The average Bonchev–Trinajstić information content (AvgIpc) is 3.68. The Bertz CT molecular complexity index is 1380. The molecule has 1 unspecified atom stereocenters. The van der Waals surface area contributed by atoms with E-state index < -0.39 is 24.1 Å². The number of rotatable bonds is 7. The molecule has 2 aliphatic rings. The van der Waals surface area contributed by atoms with Gasteiger partial charge in [-0.15, -0.1) is 0 Å². The standard InChI is InChI=1S/C29H30F4N4O2/c1-16-10-20(7-8-24(16)30)25(19-5-6-19)36-27(38)22-12-18(15-37-14-17(2)39-28(37)34)11-21(13-22)23-4-3-9-35-26(23)29(31,32)33/h3-4,7-13,17,19,25,28H,5-6,14-15,34H2,1-2H3,(H,36,38)/t17-,25+,28?/m1/s1. The van der Waals surface area contributed by atoms with Gasteiger partial charge in [0.05, 0.1) is 12.1 Å². The van der Waals surface area contributed by atoms with E-state index in [-0.39, 0.29) is 47.1 Å². The number of aryl methyl sites for hydroxylation is 1. The highest BCUT2D eigenvalue weighted by Gasteiger charge is 2.37. The van der Waals surface area contributed by atoms with Crippen molar-refractivity contribution in [2.75, 3.05) is 6.54 Å². The minimum atomic E-state index is -4.67. The van der Waals surface area contributed by atoms with Gasteiger partial charge in [-0.25, -0.2) is 4.39 Å². The number of nitrogens with two attached hydrogens (primary N) is 1. The van der Waals surface area contributed by atoms with Crippen molar-refractivity contribution in [1.29, 1.82) is 0 Å². The Morgan fingerprint density at radius 1 is 1.21 bits per heavy atom. The Morgan fingerprint density at radius 3 is 2.62 bits per heavy atom. The van der Waals surface area contributed by atoms with Crippen molar-refractivity contribution < 1.29 is 27.1 Å². The van der Waals surface area contributed by atoms with E-state index in [2.05, 4.69) is 10.3 Å². The third kappa shape index (κ3) is 6.13. The van der Waals surface area contributed by atoms with E-state index in [9.17, 15) is 22.4 Å². The molecule has 1 amide bonds. The van der Waals surface area contributed by atoms with Crippen LogP contribution in [-0.2, 0) is 17.5 Å². The summed E-state index contributed by atoms with van der Waals surface area (Å²) >= 11 is 0. The molecule has 1 aliphatic carbocycles. The fourth-order valence-electron chi connectivity index (χ4n) is 5.11. The smallest absolute Gasteiger partial charge is 0.346 e. The predicted octanol–water partition coefficient (Wildman–Crippen LogP) is 5.56. The number of nitrogens with one attached hydrogen (secondary N) is 1. The van der Waals surface area contributed by atoms with Crippen molar-refractivity contribution in [2.24, 2.45) is 11.7 Å². The van der Waals surface area contributed by atoms with E-state index in [0.29, 0.717) is 17.7 Å². The fourth-order valence-corrected chi connectivity index (χ4v) is 5.11. The molecule has 2 heterocycles. The van der Waals surface area contributed by atoms with Crippen LogP contribution in [0.4, 0.5) is 17.6 Å². The maximum atomic E-state index is 13.9. The summed E-state index contributed by atoms with van der Waals surface area (Å²) in [6.45, 7) is 4.38. The number of amides is 1. The molecule has 206 valence electrons. The first-order valence-electron chi connectivity index (χ1n) is 12.9. The summed E-state index contributed by atoms with van der Waals surface area (Å²) in [4.78, 5) is 19.0. The molecule has 1 aromatic heterocycles. The predicted molar refractivity (Wildman–Crippen MR) is 138 cm³/mol. The highest BCUT2D eigenvalue weighted by atomic mass is 19.4.